The summed E-state index contributed by atoms with van der Waals surface area (Å²) in [5.74, 6) is -1.89. The molecule has 1 aliphatic carbocycles. The van der Waals surface area contributed by atoms with Gasteiger partial charge < -0.3 is 5.11 Å². The summed E-state index contributed by atoms with van der Waals surface area (Å²) in [7, 11) is -3.64. The Bertz CT molecular complexity index is 920. The predicted octanol–water partition coefficient (Wildman–Crippen LogP) is 2.94. The van der Waals surface area contributed by atoms with E-state index in [-0.39, 0.29) is 22.1 Å². The molecule has 2 N–H and O–H groups in total. The molecule has 0 radical (unpaired) electrons. The van der Waals surface area contributed by atoms with Gasteiger partial charge in [-0.2, -0.15) is 0 Å². The van der Waals surface area contributed by atoms with Crippen molar-refractivity contribution in [3.63, 3.8) is 0 Å². The fourth-order valence-electron chi connectivity index (χ4n) is 2.42. The van der Waals surface area contributed by atoms with Crippen molar-refractivity contribution in [3.8, 4) is 11.1 Å². The highest BCUT2D eigenvalue weighted by Crippen LogP contribution is 2.29. The quantitative estimate of drug-likeness (QED) is 0.869. The molecule has 0 amide bonds. The van der Waals surface area contributed by atoms with Crippen LogP contribution in [0.2, 0.25) is 0 Å². The maximum absolute atomic E-state index is 14.0. The monoisotopic (exact) mass is 349 g/mol. The molecule has 0 bridgehead atoms. The SMILES string of the molecule is Cc1c(F)cc(C(=O)O)cc1-c1cccc(S(=O)(=O)NC2CC2)c1. The van der Waals surface area contributed by atoms with E-state index in [2.05, 4.69) is 4.72 Å². The van der Waals surface area contributed by atoms with Crippen LogP contribution in [0.1, 0.15) is 28.8 Å². The van der Waals surface area contributed by atoms with Crippen molar-refractivity contribution in [3.05, 3.63) is 53.3 Å². The minimum absolute atomic E-state index is 0.0202. The van der Waals surface area contributed by atoms with E-state index in [4.69, 9.17) is 5.11 Å². The number of nitrogens with one attached hydrogen (secondary N) is 1. The Morgan fingerprint density at radius 3 is 2.58 bits per heavy atom. The maximum Gasteiger partial charge on any atom is 0.335 e. The van der Waals surface area contributed by atoms with Crippen LogP contribution >= 0.6 is 0 Å². The lowest BCUT2D eigenvalue weighted by molar-refractivity contribution is 0.0696. The molecule has 0 aromatic heterocycles. The Labute approximate surface area is 139 Å². The first-order valence-corrected chi connectivity index (χ1v) is 8.92. The number of benzene rings is 2. The lowest BCUT2D eigenvalue weighted by Crippen LogP contribution is -2.25. The molecular weight excluding hydrogens is 333 g/mol. The minimum Gasteiger partial charge on any atom is -0.478 e. The van der Waals surface area contributed by atoms with Crippen molar-refractivity contribution in [2.75, 3.05) is 0 Å². The summed E-state index contributed by atoms with van der Waals surface area (Å²) in [5, 5.41) is 9.09. The molecular formula is C17H16FNO4S. The number of carbonyl (C=O) groups is 1. The number of halogens is 1. The van der Waals surface area contributed by atoms with Crippen LogP contribution in [0.15, 0.2) is 41.3 Å². The van der Waals surface area contributed by atoms with E-state index in [0.29, 0.717) is 11.1 Å². The average Bonchev–Trinajstić information content (AvgIpc) is 3.33. The van der Waals surface area contributed by atoms with Crippen LogP contribution in [0.5, 0.6) is 0 Å². The Morgan fingerprint density at radius 2 is 1.96 bits per heavy atom. The van der Waals surface area contributed by atoms with E-state index >= 15 is 0 Å². The minimum atomic E-state index is -3.64. The molecule has 2 aromatic carbocycles. The van der Waals surface area contributed by atoms with Gasteiger partial charge in [-0.05, 0) is 60.7 Å². The second kappa shape index (κ2) is 5.99. The topological polar surface area (TPSA) is 83.5 Å². The number of carboxylic acid groups (broad SMARTS) is 1. The molecule has 126 valence electrons. The van der Waals surface area contributed by atoms with Crippen molar-refractivity contribution < 1.29 is 22.7 Å². The average molecular weight is 349 g/mol. The molecule has 3 rings (SSSR count). The smallest absolute Gasteiger partial charge is 0.335 e. The van der Waals surface area contributed by atoms with Gasteiger partial charge in [0.2, 0.25) is 10.0 Å². The van der Waals surface area contributed by atoms with Gasteiger partial charge in [-0.15, -0.1) is 0 Å². The molecule has 1 fully saturated rings. The Hall–Kier alpha value is -2.25. The highest BCUT2D eigenvalue weighted by atomic mass is 32.2. The third-order valence-electron chi connectivity index (χ3n) is 3.95. The second-order valence-corrected chi connectivity index (χ2v) is 7.57. The lowest BCUT2D eigenvalue weighted by atomic mass is 9.97. The summed E-state index contributed by atoms with van der Waals surface area (Å²) < 4.78 is 41.2. The normalized spacial score (nSPS) is 14.6. The molecule has 24 heavy (non-hydrogen) atoms. The third kappa shape index (κ3) is 3.32. The zero-order chi connectivity index (χ0) is 17.5. The zero-order valence-electron chi connectivity index (χ0n) is 12.9. The molecule has 2 aromatic rings. The van der Waals surface area contributed by atoms with Gasteiger partial charge in [-0.3, -0.25) is 0 Å². The maximum atomic E-state index is 14.0. The Kier molecular flexibility index (Phi) is 4.15. The van der Waals surface area contributed by atoms with Gasteiger partial charge in [-0.25, -0.2) is 22.3 Å². The number of aromatic carboxylic acids is 1. The van der Waals surface area contributed by atoms with Gasteiger partial charge in [0.15, 0.2) is 0 Å². The molecule has 5 nitrogen and oxygen atoms in total. The molecule has 0 saturated heterocycles. The fraction of sp³-hybridized carbons (Fsp3) is 0.235. The summed E-state index contributed by atoms with van der Waals surface area (Å²) in [6.45, 7) is 1.53. The zero-order valence-corrected chi connectivity index (χ0v) is 13.7. The fourth-order valence-corrected chi connectivity index (χ4v) is 3.77. The van der Waals surface area contributed by atoms with Gasteiger partial charge in [0.25, 0.3) is 0 Å². The first kappa shape index (κ1) is 16.6. The van der Waals surface area contributed by atoms with Gasteiger partial charge in [0.1, 0.15) is 5.82 Å². The van der Waals surface area contributed by atoms with Crippen molar-refractivity contribution in [1.29, 1.82) is 0 Å². The molecule has 0 atom stereocenters. The molecule has 0 aliphatic heterocycles. The standard InChI is InChI=1S/C17H16FNO4S/c1-10-15(8-12(17(20)21)9-16(10)18)11-3-2-4-14(7-11)24(22,23)19-13-5-6-13/h2-4,7-9,13,19H,5-6H2,1H3,(H,20,21). The third-order valence-corrected chi connectivity index (χ3v) is 5.46. The number of carboxylic acids is 1. The summed E-state index contributed by atoms with van der Waals surface area (Å²) in [4.78, 5) is 11.2. The van der Waals surface area contributed by atoms with E-state index in [9.17, 15) is 17.6 Å². The summed E-state index contributed by atoms with van der Waals surface area (Å²) in [6.07, 6.45) is 1.65. The summed E-state index contributed by atoms with van der Waals surface area (Å²) in [5.41, 5.74) is 0.895. The molecule has 0 heterocycles. The Balaban J connectivity index is 2.07. The molecule has 7 heteroatoms. The van der Waals surface area contributed by atoms with Crippen molar-refractivity contribution >= 4 is 16.0 Å². The van der Waals surface area contributed by atoms with Gasteiger partial charge >= 0.3 is 5.97 Å². The van der Waals surface area contributed by atoms with Crippen LogP contribution in [-0.2, 0) is 10.0 Å². The van der Waals surface area contributed by atoms with Crippen molar-refractivity contribution in [2.45, 2.75) is 30.7 Å². The van der Waals surface area contributed by atoms with Crippen LogP contribution in [0.4, 0.5) is 4.39 Å². The second-order valence-electron chi connectivity index (χ2n) is 5.86. The van der Waals surface area contributed by atoms with E-state index in [1.54, 1.807) is 12.1 Å². The van der Waals surface area contributed by atoms with Crippen molar-refractivity contribution in [1.82, 2.24) is 4.72 Å². The van der Waals surface area contributed by atoms with Crippen LogP contribution in [-0.4, -0.2) is 25.5 Å². The molecule has 0 unspecified atom stereocenters. The first-order valence-electron chi connectivity index (χ1n) is 7.44. The molecule has 1 saturated carbocycles. The summed E-state index contributed by atoms with van der Waals surface area (Å²) >= 11 is 0. The number of rotatable bonds is 5. The Morgan fingerprint density at radius 1 is 1.25 bits per heavy atom. The number of sulfonamides is 1. The van der Waals surface area contributed by atoms with Gasteiger partial charge in [0.05, 0.1) is 10.5 Å². The molecule has 0 spiro atoms. The predicted molar refractivity (Wildman–Crippen MR) is 86.9 cm³/mol. The summed E-state index contributed by atoms with van der Waals surface area (Å²) in [6, 6.07) is 8.36. The highest BCUT2D eigenvalue weighted by molar-refractivity contribution is 7.89. The first-order chi connectivity index (χ1) is 11.3. The van der Waals surface area contributed by atoms with E-state index in [1.807, 2.05) is 0 Å². The van der Waals surface area contributed by atoms with Gasteiger partial charge in [0, 0.05) is 6.04 Å². The van der Waals surface area contributed by atoms with Crippen LogP contribution in [0.3, 0.4) is 0 Å². The van der Waals surface area contributed by atoms with Gasteiger partial charge in [-0.1, -0.05) is 12.1 Å². The molecule has 1 aliphatic rings. The van der Waals surface area contributed by atoms with Crippen LogP contribution in [0.25, 0.3) is 11.1 Å². The van der Waals surface area contributed by atoms with Crippen LogP contribution in [0, 0.1) is 12.7 Å². The largest absolute Gasteiger partial charge is 0.478 e. The number of hydrogen-bond donors (Lipinski definition) is 2. The van der Waals surface area contributed by atoms with Crippen LogP contribution < -0.4 is 4.72 Å². The van der Waals surface area contributed by atoms with Crippen molar-refractivity contribution in [2.24, 2.45) is 0 Å². The lowest BCUT2D eigenvalue weighted by Gasteiger charge is -2.11. The van der Waals surface area contributed by atoms with E-state index in [1.165, 1.54) is 25.1 Å². The highest BCUT2D eigenvalue weighted by Gasteiger charge is 2.28. The van der Waals surface area contributed by atoms with E-state index < -0.39 is 21.8 Å². The van der Waals surface area contributed by atoms with E-state index in [0.717, 1.165) is 18.9 Å². The number of hydrogen-bond acceptors (Lipinski definition) is 3.